The molecule has 0 saturated heterocycles. The Balaban J connectivity index is 2.12. The number of hydrogen-bond acceptors (Lipinski definition) is 2. The van der Waals surface area contributed by atoms with Crippen molar-refractivity contribution in [2.75, 3.05) is 7.05 Å². The molecule has 0 unspecified atom stereocenters. The van der Waals surface area contributed by atoms with Crippen molar-refractivity contribution in [2.45, 2.75) is 20.0 Å². The molecular weight excluding hydrogens is 269 g/mol. The molecule has 1 N–H and O–H groups in total. The van der Waals surface area contributed by atoms with Crippen LogP contribution in [0.2, 0.25) is 0 Å². The van der Waals surface area contributed by atoms with Crippen molar-refractivity contribution in [3.8, 4) is 0 Å². The molecule has 0 aliphatic heterocycles. The molecule has 0 spiro atoms. The molecule has 2 aromatic carbocycles. The molecule has 0 bridgehead atoms. The SMILES string of the molecule is Cc1cccc(CN(C)Cc2ccc(F)cc2C(=O)O)c1. The molecule has 0 heterocycles. The van der Waals surface area contributed by atoms with Crippen LogP contribution in [0.4, 0.5) is 4.39 Å². The van der Waals surface area contributed by atoms with Gasteiger partial charge in [0.05, 0.1) is 5.56 Å². The van der Waals surface area contributed by atoms with E-state index in [2.05, 4.69) is 6.07 Å². The molecule has 0 aliphatic rings. The maximum absolute atomic E-state index is 13.2. The van der Waals surface area contributed by atoms with E-state index in [1.54, 1.807) is 0 Å². The highest BCUT2D eigenvalue weighted by Gasteiger charge is 2.13. The van der Waals surface area contributed by atoms with Gasteiger partial charge in [-0.1, -0.05) is 35.9 Å². The standard InChI is InChI=1S/C17H18FNO2/c1-12-4-3-5-13(8-12)10-19(2)11-14-6-7-15(18)9-16(14)17(20)21/h3-9H,10-11H2,1-2H3,(H,20,21). The number of rotatable bonds is 5. The van der Waals surface area contributed by atoms with Crippen LogP contribution in [0.3, 0.4) is 0 Å². The quantitative estimate of drug-likeness (QED) is 0.915. The maximum Gasteiger partial charge on any atom is 0.336 e. The highest BCUT2D eigenvalue weighted by Crippen LogP contribution is 2.15. The summed E-state index contributed by atoms with van der Waals surface area (Å²) in [5, 5.41) is 9.14. The van der Waals surface area contributed by atoms with E-state index in [0.29, 0.717) is 18.7 Å². The van der Waals surface area contributed by atoms with Crippen molar-refractivity contribution in [3.63, 3.8) is 0 Å². The first-order valence-corrected chi connectivity index (χ1v) is 6.71. The highest BCUT2D eigenvalue weighted by molar-refractivity contribution is 5.89. The number of carboxylic acid groups (broad SMARTS) is 1. The number of aromatic carboxylic acids is 1. The average Bonchev–Trinajstić information content (AvgIpc) is 2.40. The second-order valence-corrected chi connectivity index (χ2v) is 5.27. The Hall–Kier alpha value is -2.20. The molecule has 2 aromatic rings. The van der Waals surface area contributed by atoms with Crippen molar-refractivity contribution in [1.82, 2.24) is 4.90 Å². The van der Waals surface area contributed by atoms with Gasteiger partial charge >= 0.3 is 5.97 Å². The Labute approximate surface area is 123 Å². The van der Waals surface area contributed by atoms with E-state index in [1.165, 1.54) is 17.7 Å². The van der Waals surface area contributed by atoms with E-state index >= 15 is 0 Å². The van der Waals surface area contributed by atoms with Gasteiger partial charge in [-0.25, -0.2) is 9.18 Å². The normalized spacial score (nSPS) is 10.9. The van der Waals surface area contributed by atoms with Gasteiger partial charge in [0.25, 0.3) is 0 Å². The molecule has 0 fully saturated rings. The zero-order chi connectivity index (χ0) is 15.4. The zero-order valence-corrected chi connectivity index (χ0v) is 12.1. The molecular formula is C17H18FNO2. The summed E-state index contributed by atoms with van der Waals surface area (Å²) in [5.41, 5.74) is 2.98. The van der Waals surface area contributed by atoms with E-state index in [-0.39, 0.29) is 5.56 Å². The molecule has 4 heteroatoms. The monoisotopic (exact) mass is 287 g/mol. The van der Waals surface area contributed by atoms with Gasteiger partial charge in [0.2, 0.25) is 0 Å². The lowest BCUT2D eigenvalue weighted by Crippen LogP contribution is -2.19. The maximum atomic E-state index is 13.2. The number of carboxylic acids is 1. The van der Waals surface area contributed by atoms with Crippen LogP contribution < -0.4 is 0 Å². The van der Waals surface area contributed by atoms with Crippen molar-refractivity contribution in [3.05, 3.63) is 70.5 Å². The van der Waals surface area contributed by atoms with E-state index in [9.17, 15) is 9.18 Å². The Bertz CT molecular complexity index is 655. The number of aryl methyl sites for hydroxylation is 1. The predicted octanol–water partition coefficient (Wildman–Crippen LogP) is 3.46. The number of halogens is 1. The lowest BCUT2D eigenvalue weighted by atomic mass is 10.1. The van der Waals surface area contributed by atoms with Crippen LogP contribution in [0.5, 0.6) is 0 Å². The fourth-order valence-electron chi connectivity index (χ4n) is 2.35. The lowest BCUT2D eigenvalue weighted by molar-refractivity contribution is 0.0694. The lowest BCUT2D eigenvalue weighted by Gasteiger charge is -2.18. The van der Waals surface area contributed by atoms with Crippen LogP contribution >= 0.6 is 0 Å². The molecule has 110 valence electrons. The van der Waals surface area contributed by atoms with E-state index < -0.39 is 11.8 Å². The first kappa shape index (κ1) is 15.2. The first-order chi connectivity index (χ1) is 9.95. The molecule has 0 aliphatic carbocycles. The first-order valence-electron chi connectivity index (χ1n) is 6.71. The van der Waals surface area contributed by atoms with Gasteiger partial charge in [0.15, 0.2) is 0 Å². The van der Waals surface area contributed by atoms with Crippen molar-refractivity contribution < 1.29 is 14.3 Å². The predicted molar refractivity (Wildman–Crippen MR) is 79.7 cm³/mol. The Morgan fingerprint density at radius 3 is 2.62 bits per heavy atom. The summed E-state index contributed by atoms with van der Waals surface area (Å²) in [6, 6.07) is 12.1. The minimum absolute atomic E-state index is 0.0195. The van der Waals surface area contributed by atoms with Gasteiger partial charge in [-0.05, 0) is 37.2 Å². The number of carbonyl (C=O) groups is 1. The number of hydrogen-bond donors (Lipinski definition) is 1. The summed E-state index contributed by atoms with van der Waals surface area (Å²) >= 11 is 0. The van der Waals surface area contributed by atoms with E-state index in [0.717, 1.165) is 11.6 Å². The van der Waals surface area contributed by atoms with Crippen LogP contribution in [0.25, 0.3) is 0 Å². The summed E-state index contributed by atoms with van der Waals surface area (Å²) in [6.07, 6.45) is 0. The molecule has 21 heavy (non-hydrogen) atoms. The summed E-state index contributed by atoms with van der Waals surface area (Å²) < 4.78 is 13.2. The molecule has 3 nitrogen and oxygen atoms in total. The molecule has 0 atom stereocenters. The Morgan fingerprint density at radius 2 is 1.95 bits per heavy atom. The molecule has 0 aromatic heterocycles. The van der Waals surface area contributed by atoms with Crippen molar-refractivity contribution in [1.29, 1.82) is 0 Å². The third-order valence-electron chi connectivity index (χ3n) is 3.28. The summed E-state index contributed by atoms with van der Waals surface area (Å²) in [7, 11) is 1.91. The van der Waals surface area contributed by atoms with Gasteiger partial charge in [-0.3, -0.25) is 4.90 Å². The molecule has 2 rings (SSSR count). The third-order valence-corrected chi connectivity index (χ3v) is 3.28. The number of nitrogens with zero attached hydrogens (tertiary/aromatic N) is 1. The van der Waals surface area contributed by atoms with Crippen LogP contribution in [0.15, 0.2) is 42.5 Å². The van der Waals surface area contributed by atoms with E-state index in [4.69, 9.17) is 5.11 Å². The van der Waals surface area contributed by atoms with Crippen LogP contribution in [-0.2, 0) is 13.1 Å². The van der Waals surface area contributed by atoms with Crippen molar-refractivity contribution >= 4 is 5.97 Å². The van der Waals surface area contributed by atoms with Crippen molar-refractivity contribution in [2.24, 2.45) is 0 Å². The average molecular weight is 287 g/mol. The fraction of sp³-hybridized carbons (Fsp3) is 0.235. The molecule has 0 saturated carbocycles. The second kappa shape index (κ2) is 6.50. The summed E-state index contributed by atoms with van der Waals surface area (Å²) in [6.45, 7) is 3.19. The topological polar surface area (TPSA) is 40.5 Å². The van der Waals surface area contributed by atoms with E-state index in [1.807, 2.05) is 37.1 Å². The number of benzene rings is 2. The van der Waals surface area contributed by atoms with Gasteiger partial charge in [0, 0.05) is 13.1 Å². The van der Waals surface area contributed by atoms with Crippen LogP contribution in [0, 0.1) is 12.7 Å². The van der Waals surface area contributed by atoms with Gasteiger partial charge in [0.1, 0.15) is 5.82 Å². The molecule has 0 radical (unpaired) electrons. The largest absolute Gasteiger partial charge is 0.478 e. The third kappa shape index (κ3) is 4.13. The Morgan fingerprint density at radius 1 is 1.19 bits per heavy atom. The highest BCUT2D eigenvalue weighted by atomic mass is 19.1. The smallest absolute Gasteiger partial charge is 0.336 e. The summed E-state index contributed by atoms with van der Waals surface area (Å²) in [4.78, 5) is 13.2. The van der Waals surface area contributed by atoms with Gasteiger partial charge in [-0.2, -0.15) is 0 Å². The second-order valence-electron chi connectivity index (χ2n) is 5.27. The minimum Gasteiger partial charge on any atom is -0.478 e. The van der Waals surface area contributed by atoms with Gasteiger partial charge in [-0.15, -0.1) is 0 Å². The zero-order valence-electron chi connectivity index (χ0n) is 12.1. The van der Waals surface area contributed by atoms with Crippen LogP contribution in [-0.4, -0.2) is 23.0 Å². The summed E-state index contributed by atoms with van der Waals surface area (Å²) in [5.74, 6) is -1.63. The minimum atomic E-state index is -1.10. The van der Waals surface area contributed by atoms with Crippen LogP contribution in [0.1, 0.15) is 27.0 Å². The van der Waals surface area contributed by atoms with Gasteiger partial charge < -0.3 is 5.11 Å². The fourth-order valence-corrected chi connectivity index (χ4v) is 2.35. The Kier molecular flexibility index (Phi) is 4.70. The molecule has 0 amide bonds.